The van der Waals surface area contributed by atoms with E-state index in [-0.39, 0.29) is 12.5 Å². The van der Waals surface area contributed by atoms with Crippen molar-refractivity contribution < 1.29 is 4.79 Å². The molecule has 8 heteroatoms. The Labute approximate surface area is 134 Å². The van der Waals surface area contributed by atoms with E-state index in [0.29, 0.717) is 19.0 Å². The number of carbonyl (C=O) groups excluding carboxylic acids is 1. The fourth-order valence-electron chi connectivity index (χ4n) is 1.81. The number of aliphatic imine (C=N–C) groups is 1. The third-order valence-electron chi connectivity index (χ3n) is 3.08. The minimum atomic E-state index is -0.0361. The molecule has 0 spiro atoms. The van der Waals surface area contributed by atoms with Crippen molar-refractivity contribution in [2.75, 3.05) is 27.2 Å². The normalized spacial score (nSPS) is 11.3. The summed E-state index contributed by atoms with van der Waals surface area (Å²) in [6, 6.07) is 5.70. The molecule has 0 fully saturated rings. The van der Waals surface area contributed by atoms with Gasteiger partial charge in [0.1, 0.15) is 6.54 Å². The topological polar surface area (TPSA) is 86.9 Å². The Morgan fingerprint density at radius 3 is 2.96 bits per heavy atom. The van der Waals surface area contributed by atoms with Crippen molar-refractivity contribution in [3.05, 3.63) is 42.9 Å². The van der Waals surface area contributed by atoms with Gasteiger partial charge in [-0.2, -0.15) is 0 Å². The molecule has 2 aromatic rings. The van der Waals surface area contributed by atoms with Gasteiger partial charge in [0.25, 0.3) is 0 Å². The second kappa shape index (κ2) is 7.92. The molecule has 0 atom stereocenters. The van der Waals surface area contributed by atoms with Crippen LogP contribution in [0.3, 0.4) is 0 Å². The second-order valence-electron chi connectivity index (χ2n) is 5.02. The highest BCUT2D eigenvalue weighted by Crippen LogP contribution is 2.03. The number of nitrogens with zero attached hydrogens (tertiary/aromatic N) is 5. The van der Waals surface area contributed by atoms with Gasteiger partial charge in [-0.05, 0) is 12.1 Å². The van der Waals surface area contributed by atoms with Crippen LogP contribution in [0.5, 0.6) is 0 Å². The molecule has 2 aromatic heterocycles. The van der Waals surface area contributed by atoms with Gasteiger partial charge in [0, 0.05) is 26.8 Å². The summed E-state index contributed by atoms with van der Waals surface area (Å²) in [5.74, 6) is 1.21. The van der Waals surface area contributed by atoms with E-state index in [4.69, 9.17) is 0 Å². The first-order valence-corrected chi connectivity index (χ1v) is 7.23. The van der Waals surface area contributed by atoms with Gasteiger partial charge >= 0.3 is 0 Å². The monoisotopic (exact) mass is 315 g/mol. The van der Waals surface area contributed by atoms with Crippen molar-refractivity contribution in [3.63, 3.8) is 0 Å². The summed E-state index contributed by atoms with van der Waals surface area (Å²) in [4.78, 5) is 17.6. The van der Waals surface area contributed by atoms with Crippen LogP contribution in [0, 0.1) is 0 Å². The predicted octanol–water partition coefficient (Wildman–Crippen LogP) is 0.0387. The number of pyridine rings is 1. The SMILES string of the molecule is C=CCNC(=NCc1nnc2ccccn12)NCC(=O)N(C)C. The lowest BCUT2D eigenvalue weighted by molar-refractivity contribution is -0.127. The zero-order valence-electron chi connectivity index (χ0n) is 13.4. The number of likely N-dealkylation sites (N-methyl/N-ethyl adjacent to an activating group) is 1. The molecular formula is C15H21N7O. The Hall–Kier alpha value is -2.90. The van der Waals surface area contributed by atoms with Crippen LogP contribution in [0.4, 0.5) is 0 Å². The summed E-state index contributed by atoms with van der Waals surface area (Å²) in [5, 5.41) is 14.3. The van der Waals surface area contributed by atoms with Crippen LogP contribution in [0.15, 0.2) is 42.0 Å². The highest BCUT2D eigenvalue weighted by molar-refractivity contribution is 5.86. The third-order valence-corrected chi connectivity index (χ3v) is 3.08. The predicted molar refractivity (Wildman–Crippen MR) is 89.0 cm³/mol. The fraction of sp³-hybridized carbons (Fsp3) is 0.333. The summed E-state index contributed by atoms with van der Waals surface area (Å²) in [5.41, 5.74) is 0.772. The van der Waals surface area contributed by atoms with Crippen LogP contribution in [-0.2, 0) is 11.3 Å². The molecule has 0 aliphatic rings. The molecule has 0 aliphatic carbocycles. The number of aromatic nitrogens is 3. The molecule has 2 N–H and O–H groups in total. The fourth-order valence-corrected chi connectivity index (χ4v) is 1.81. The standard InChI is InChI=1S/C15H21N7O/c1-4-8-16-15(18-11-14(23)21(2)3)17-10-13-20-19-12-7-5-6-9-22(12)13/h4-7,9H,1,8,10-11H2,2-3H3,(H2,16,17,18). The molecule has 2 rings (SSSR count). The molecule has 0 aromatic carbocycles. The van der Waals surface area contributed by atoms with E-state index in [2.05, 4.69) is 32.4 Å². The quantitative estimate of drug-likeness (QED) is 0.446. The van der Waals surface area contributed by atoms with Crippen LogP contribution in [0.25, 0.3) is 5.65 Å². The summed E-state index contributed by atoms with van der Waals surface area (Å²) in [7, 11) is 3.42. The summed E-state index contributed by atoms with van der Waals surface area (Å²) < 4.78 is 1.87. The number of nitrogens with one attached hydrogen (secondary N) is 2. The van der Waals surface area contributed by atoms with Crippen LogP contribution in [-0.4, -0.2) is 58.5 Å². The largest absolute Gasteiger partial charge is 0.353 e. The Balaban J connectivity index is 2.06. The molecule has 8 nitrogen and oxygen atoms in total. The van der Waals surface area contributed by atoms with Gasteiger partial charge in [0.2, 0.25) is 5.91 Å². The number of fused-ring (bicyclic) bond motifs is 1. The van der Waals surface area contributed by atoms with E-state index in [9.17, 15) is 4.79 Å². The first-order valence-electron chi connectivity index (χ1n) is 7.23. The Morgan fingerprint density at radius 2 is 2.22 bits per heavy atom. The van der Waals surface area contributed by atoms with Crippen LogP contribution in [0.1, 0.15) is 5.82 Å². The minimum absolute atomic E-state index is 0.0361. The molecule has 0 aliphatic heterocycles. The maximum absolute atomic E-state index is 11.7. The molecule has 0 saturated heterocycles. The lowest BCUT2D eigenvalue weighted by Gasteiger charge is -2.14. The van der Waals surface area contributed by atoms with Crippen molar-refractivity contribution in [2.24, 2.45) is 4.99 Å². The van der Waals surface area contributed by atoms with E-state index in [1.54, 1.807) is 20.2 Å². The summed E-state index contributed by atoms with van der Waals surface area (Å²) in [6.45, 7) is 4.71. The smallest absolute Gasteiger partial charge is 0.241 e. The molecule has 23 heavy (non-hydrogen) atoms. The molecule has 122 valence electrons. The average molecular weight is 315 g/mol. The highest BCUT2D eigenvalue weighted by Gasteiger charge is 2.07. The highest BCUT2D eigenvalue weighted by atomic mass is 16.2. The number of hydrogen-bond acceptors (Lipinski definition) is 4. The first kappa shape index (κ1) is 16.5. The van der Waals surface area contributed by atoms with Gasteiger partial charge in [0.15, 0.2) is 17.4 Å². The maximum atomic E-state index is 11.7. The number of amides is 1. The molecule has 1 amide bonds. The van der Waals surface area contributed by atoms with Crippen LogP contribution >= 0.6 is 0 Å². The number of hydrogen-bond donors (Lipinski definition) is 2. The van der Waals surface area contributed by atoms with Crippen molar-refractivity contribution in [3.8, 4) is 0 Å². The molecule has 0 saturated carbocycles. The molecule has 0 unspecified atom stereocenters. The van der Waals surface area contributed by atoms with E-state index in [1.807, 2.05) is 28.8 Å². The van der Waals surface area contributed by atoms with Gasteiger partial charge in [-0.1, -0.05) is 12.1 Å². The first-order chi connectivity index (χ1) is 11.1. The van der Waals surface area contributed by atoms with Gasteiger partial charge in [-0.25, -0.2) is 4.99 Å². The summed E-state index contributed by atoms with van der Waals surface area (Å²) in [6.07, 6.45) is 3.61. The van der Waals surface area contributed by atoms with Crippen LogP contribution in [0.2, 0.25) is 0 Å². The Morgan fingerprint density at radius 1 is 1.39 bits per heavy atom. The van der Waals surface area contributed by atoms with E-state index < -0.39 is 0 Å². The lowest BCUT2D eigenvalue weighted by atomic mass is 10.4. The molecular weight excluding hydrogens is 294 g/mol. The van der Waals surface area contributed by atoms with Gasteiger partial charge < -0.3 is 15.5 Å². The van der Waals surface area contributed by atoms with E-state index >= 15 is 0 Å². The van der Waals surface area contributed by atoms with E-state index in [1.165, 1.54) is 4.90 Å². The zero-order valence-corrected chi connectivity index (χ0v) is 13.4. The number of carbonyl (C=O) groups is 1. The van der Waals surface area contributed by atoms with Crippen molar-refractivity contribution >= 4 is 17.5 Å². The van der Waals surface area contributed by atoms with E-state index in [0.717, 1.165) is 11.5 Å². The van der Waals surface area contributed by atoms with Gasteiger partial charge in [-0.15, -0.1) is 16.8 Å². The van der Waals surface area contributed by atoms with Crippen molar-refractivity contribution in [1.29, 1.82) is 0 Å². The molecule has 2 heterocycles. The Bertz CT molecular complexity index is 705. The van der Waals surface area contributed by atoms with Crippen LogP contribution < -0.4 is 10.6 Å². The molecule has 0 radical (unpaired) electrons. The third kappa shape index (κ3) is 4.53. The average Bonchev–Trinajstić information content (AvgIpc) is 2.97. The number of rotatable bonds is 6. The van der Waals surface area contributed by atoms with Gasteiger partial charge in [0.05, 0.1) is 6.54 Å². The summed E-state index contributed by atoms with van der Waals surface area (Å²) >= 11 is 0. The van der Waals surface area contributed by atoms with Crippen molar-refractivity contribution in [2.45, 2.75) is 6.54 Å². The minimum Gasteiger partial charge on any atom is -0.353 e. The Kier molecular flexibility index (Phi) is 5.67. The lowest BCUT2D eigenvalue weighted by Crippen LogP contribution is -2.43. The van der Waals surface area contributed by atoms with Crippen molar-refractivity contribution in [1.82, 2.24) is 30.1 Å². The maximum Gasteiger partial charge on any atom is 0.241 e. The molecule has 0 bridgehead atoms. The van der Waals surface area contributed by atoms with Gasteiger partial charge in [-0.3, -0.25) is 9.20 Å². The number of guanidine groups is 1. The second-order valence-corrected chi connectivity index (χ2v) is 5.02. The zero-order chi connectivity index (χ0) is 16.7.